The van der Waals surface area contributed by atoms with Gasteiger partial charge in [0.25, 0.3) is 0 Å². The van der Waals surface area contributed by atoms with E-state index in [1.807, 2.05) is 13.0 Å². The highest BCUT2D eigenvalue weighted by molar-refractivity contribution is 6.39. The van der Waals surface area contributed by atoms with Crippen LogP contribution in [0, 0.1) is 0 Å². The molecule has 0 bridgehead atoms. The molecule has 0 saturated heterocycles. The molecule has 6 heteroatoms. The number of rotatable bonds is 5. The molecule has 0 radical (unpaired) electrons. The zero-order valence-corrected chi connectivity index (χ0v) is 13.4. The summed E-state index contributed by atoms with van der Waals surface area (Å²) in [6.07, 6.45) is 0. The van der Waals surface area contributed by atoms with Gasteiger partial charge in [-0.2, -0.15) is 0 Å². The molecule has 0 fully saturated rings. The van der Waals surface area contributed by atoms with Gasteiger partial charge in [0.2, 0.25) is 0 Å². The Bertz CT molecular complexity index is 704. The van der Waals surface area contributed by atoms with Crippen molar-refractivity contribution in [2.75, 3.05) is 11.9 Å². The number of nitrogens with one attached hydrogen (secondary N) is 2. The number of para-hydroxylation sites is 2. The highest BCUT2D eigenvalue weighted by Gasteiger charge is 2.15. The smallest absolute Gasteiger partial charge is 0.313 e. The van der Waals surface area contributed by atoms with Gasteiger partial charge in [0.1, 0.15) is 5.75 Å². The van der Waals surface area contributed by atoms with Gasteiger partial charge in [0.05, 0.1) is 12.3 Å². The quantitative estimate of drug-likeness (QED) is 0.827. The topological polar surface area (TPSA) is 67.4 Å². The van der Waals surface area contributed by atoms with Crippen molar-refractivity contribution in [3.8, 4) is 5.75 Å². The van der Waals surface area contributed by atoms with Gasteiger partial charge in [-0.1, -0.05) is 35.9 Å². The molecule has 0 atom stereocenters. The second kappa shape index (κ2) is 8.19. The Morgan fingerprint density at radius 2 is 1.87 bits per heavy atom. The van der Waals surface area contributed by atoms with Crippen molar-refractivity contribution in [1.29, 1.82) is 0 Å². The summed E-state index contributed by atoms with van der Waals surface area (Å²) < 4.78 is 5.40. The van der Waals surface area contributed by atoms with Crippen molar-refractivity contribution in [3.05, 3.63) is 59.1 Å². The summed E-state index contributed by atoms with van der Waals surface area (Å²) in [6.45, 7) is 2.53. The number of carbonyl (C=O) groups is 2. The first-order valence-electron chi connectivity index (χ1n) is 7.15. The summed E-state index contributed by atoms with van der Waals surface area (Å²) in [4.78, 5) is 23.8. The number of ether oxygens (including phenoxy) is 1. The number of hydrogen-bond acceptors (Lipinski definition) is 3. The molecule has 2 aromatic rings. The van der Waals surface area contributed by atoms with Gasteiger partial charge in [-0.3, -0.25) is 9.59 Å². The van der Waals surface area contributed by atoms with E-state index in [1.165, 1.54) is 0 Å². The van der Waals surface area contributed by atoms with Crippen molar-refractivity contribution in [2.24, 2.45) is 0 Å². The van der Waals surface area contributed by atoms with E-state index < -0.39 is 11.8 Å². The third-order valence-electron chi connectivity index (χ3n) is 2.98. The minimum Gasteiger partial charge on any atom is -0.492 e. The lowest BCUT2D eigenvalue weighted by molar-refractivity contribution is -0.136. The van der Waals surface area contributed by atoms with Gasteiger partial charge in [0, 0.05) is 11.6 Å². The van der Waals surface area contributed by atoms with Crippen molar-refractivity contribution >= 4 is 29.1 Å². The zero-order valence-electron chi connectivity index (χ0n) is 12.6. The first kappa shape index (κ1) is 16.8. The molecule has 5 nitrogen and oxygen atoms in total. The van der Waals surface area contributed by atoms with Gasteiger partial charge < -0.3 is 15.4 Å². The zero-order chi connectivity index (χ0) is 16.7. The number of carbonyl (C=O) groups excluding carboxylic acids is 2. The molecular weight excluding hydrogens is 316 g/mol. The van der Waals surface area contributed by atoms with Crippen LogP contribution in [-0.2, 0) is 16.1 Å². The van der Waals surface area contributed by atoms with E-state index >= 15 is 0 Å². The minimum atomic E-state index is -0.751. The van der Waals surface area contributed by atoms with E-state index in [9.17, 15) is 9.59 Å². The molecule has 0 aliphatic heterocycles. The fraction of sp³-hybridized carbons (Fsp3) is 0.176. The SMILES string of the molecule is CCOc1ccccc1NC(=O)C(=O)NCc1cccc(Cl)c1. The van der Waals surface area contributed by atoms with E-state index in [0.29, 0.717) is 23.1 Å². The first-order valence-corrected chi connectivity index (χ1v) is 7.53. The molecule has 0 saturated carbocycles. The Morgan fingerprint density at radius 3 is 2.61 bits per heavy atom. The van der Waals surface area contributed by atoms with Crippen LogP contribution in [0.15, 0.2) is 48.5 Å². The molecular formula is C17H17ClN2O3. The van der Waals surface area contributed by atoms with Gasteiger partial charge in [-0.15, -0.1) is 0 Å². The van der Waals surface area contributed by atoms with Crippen LogP contribution in [-0.4, -0.2) is 18.4 Å². The Balaban J connectivity index is 1.94. The third kappa shape index (κ3) is 5.00. The molecule has 2 amide bonds. The van der Waals surface area contributed by atoms with Crippen LogP contribution in [0.3, 0.4) is 0 Å². The maximum absolute atomic E-state index is 12.0. The normalized spacial score (nSPS) is 10.0. The molecule has 0 aliphatic carbocycles. The predicted octanol–water partition coefficient (Wildman–Crippen LogP) is 2.99. The summed E-state index contributed by atoms with van der Waals surface area (Å²) in [5.41, 5.74) is 1.27. The van der Waals surface area contributed by atoms with Crippen LogP contribution < -0.4 is 15.4 Å². The van der Waals surface area contributed by atoms with E-state index in [-0.39, 0.29) is 6.54 Å². The average molecular weight is 333 g/mol. The second-order valence-electron chi connectivity index (χ2n) is 4.70. The van der Waals surface area contributed by atoms with E-state index in [1.54, 1.807) is 42.5 Å². The van der Waals surface area contributed by atoms with Crippen molar-refractivity contribution in [2.45, 2.75) is 13.5 Å². The van der Waals surface area contributed by atoms with Crippen LogP contribution in [0.4, 0.5) is 5.69 Å². The molecule has 2 aromatic carbocycles. The lowest BCUT2D eigenvalue weighted by atomic mass is 10.2. The predicted molar refractivity (Wildman–Crippen MR) is 89.5 cm³/mol. The van der Waals surface area contributed by atoms with E-state index in [4.69, 9.17) is 16.3 Å². The van der Waals surface area contributed by atoms with Crippen LogP contribution in [0.5, 0.6) is 5.75 Å². The lowest BCUT2D eigenvalue weighted by Gasteiger charge is -2.11. The van der Waals surface area contributed by atoms with Crippen LogP contribution in [0.1, 0.15) is 12.5 Å². The van der Waals surface area contributed by atoms with Crippen LogP contribution in [0.25, 0.3) is 0 Å². The summed E-state index contributed by atoms with van der Waals surface area (Å²) in [5.74, 6) is -0.957. The van der Waals surface area contributed by atoms with Crippen molar-refractivity contribution in [3.63, 3.8) is 0 Å². The highest BCUT2D eigenvalue weighted by Crippen LogP contribution is 2.23. The first-order chi connectivity index (χ1) is 11.1. The molecule has 23 heavy (non-hydrogen) atoms. The average Bonchev–Trinajstić information content (AvgIpc) is 2.54. The van der Waals surface area contributed by atoms with Crippen molar-refractivity contribution in [1.82, 2.24) is 5.32 Å². The standard InChI is InChI=1S/C17H17ClN2O3/c1-2-23-15-9-4-3-8-14(15)20-17(22)16(21)19-11-12-6-5-7-13(18)10-12/h3-10H,2,11H2,1H3,(H,19,21)(H,20,22). The van der Waals surface area contributed by atoms with Gasteiger partial charge in [-0.25, -0.2) is 0 Å². The van der Waals surface area contributed by atoms with Gasteiger partial charge in [0.15, 0.2) is 0 Å². The fourth-order valence-electron chi connectivity index (χ4n) is 1.94. The monoisotopic (exact) mass is 332 g/mol. The third-order valence-corrected chi connectivity index (χ3v) is 3.22. The molecule has 0 unspecified atom stereocenters. The summed E-state index contributed by atoms with van der Waals surface area (Å²) >= 11 is 5.87. The van der Waals surface area contributed by atoms with Gasteiger partial charge >= 0.3 is 11.8 Å². The molecule has 0 heterocycles. The number of amides is 2. The lowest BCUT2D eigenvalue weighted by Crippen LogP contribution is -2.35. The summed E-state index contributed by atoms with van der Waals surface area (Å²) in [6, 6.07) is 14.0. The molecule has 120 valence electrons. The summed E-state index contributed by atoms with van der Waals surface area (Å²) in [5, 5.41) is 5.66. The maximum atomic E-state index is 12.0. The number of anilines is 1. The number of benzene rings is 2. The summed E-state index contributed by atoms with van der Waals surface area (Å²) in [7, 11) is 0. The Kier molecular flexibility index (Phi) is 6.00. The number of hydrogen-bond donors (Lipinski definition) is 2. The highest BCUT2D eigenvalue weighted by atomic mass is 35.5. The van der Waals surface area contributed by atoms with Gasteiger partial charge in [-0.05, 0) is 36.8 Å². The van der Waals surface area contributed by atoms with Crippen LogP contribution in [0.2, 0.25) is 5.02 Å². The van der Waals surface area contributed by atoms with Crippen LogP contribution >= 0.6 is 11.6 Å². The largest absolute Gasteiger partial charge is 0.492 e. The second-order valence-corrected chi connectivity index (χ2v) is 5.13. The molecule has 2 N–H and O–H groups in total. The fourth-order valence-corrected chi connectivity index (χ4v) is 2.15. The molecule has 0 spiro atoms. The molecule has 2 rings (SSSR count). The molecule has 0 aromatic heterocycles. The Labute approximate surface area is 139 Å². The maximum Gasteiger partial charge on any atom is 0.313 e. The molecule has 0 aliphatic rings. The van der Waals surface area contributed by atoms with E-state index in [0.717, 1.165) is 5.56 Å². The Hall–Kier alpha value is -2.53. The number of halogens is 1. The minimum absolute atomic E-state index is 0.222. The van der Waals surface area contributed by atoms with Crippen molar-refractivity contribution < 1.29 is 14.3 Å². The van der Waals surface area contributed by atoms with E-state index in [2.05, 4.69) is 10.6 Å². The Morgan fingerprint density at radius 1 is 1.09 bits per heavy atom.